The number of Topliss-reactive ketones (excluding diaryl/α,β-unsaturated/α-hetero) is 1. The van der Waals surface area contributed by atoms with Crippen molar-refractivity contribution >= 4 is 22.4 Å². The van der Waals surface area contributed by atoms with Crippen molar-refractivity contribution in [2.24, 2.45) is 0 Å². The van der Waals surface area contributed by atoms with E-state index >= 15 is 0 Å². The maximum Gasteiger partial charge on any atom is 0.351 e. The highest BCUT2D eigenvalue weighted by molar-refractivity contribution is 6.01. The van der Waals surface area contributed by atoms with E-state index in [-0.39, 0.29) is 16.9 Å². The van der Waals surface area contributed by atoms with Crippen LogP contribution in [0.3, 0.4) is 0 Å². The van der Waals surface area contributed by atoms with Crippen molar-refractivity contribution < 1.29 is 14.3 Å². The fourth-order valence-corrected chi connectivity index (χ4v) is 2.27. The van der Waals surface area contributed by atoms with Gasteiger partial charge in [0.15, 0.2) is 5.78 Å². The zero-order valence-corrected chi connectivity index (χ0v) is 11.8. The quantitative estimate of drug-likeness (QED) is 0.686. The molecule has 1 aromatic carbocycles. The summed E-state index contributed by atoms with van der Waals surface area (Å²) in [4.78, 5) is 25.2. The van der Waals surface area contributed by atoms with E-state index in [4.69, 9.17) is 4.42 Å². The van der Waals surface area contributed by atoms with Crippen molar-refractivity contribution in [2.45, 2.75) is 20.8 Å². The van der Waals surface area contributed by atoms with Crippen molar-refractivity contribution in [2.75, 3.05) is 18.0 Å². The smallest absolute Gasteiger partial charge is 0.351 e. The first-order valence-corrected chi connectivity index (χ1v) is 6.55. The average molecular weight is 275 g/mol. The zero-order chi connectivity index (χ0) is 14.9. The number of carbonyl (C=O) groups excluding carboxylic acids is 1. The number of hydrogen-bond donors (Lipinski definition) is 1. The lowest BCUT2D eigenvalue weighted by molar-refractivity contribution is 0.101. The summed E-state index contributed by atoms with van der Waals surface area (Å²) in [6, 6.07) is 5.19. The van der Waals surface area contributed by atoms with Crippen LogP contribution in [0.4, 0.5) is 5.69 Å². The second kappa shape index (κ2) is 5.36. The summed E-state index contributed by atoms with van der Waals surface area (Å²) in [5, 5.41) is 10.4. The number of carbonyl (C=O) groups is 1. The van der Waals surface area contributed by atoms with E-state index in [9.17, 15) is 14.7 Å². The van der Waals surface area contributed by atoms with Crippen molar-refractivity contribution in [3.8, 4) is 5.75 Å². The molecular weight excluding hydrogens is 258 g/mol. The molecule has 0 amide bonds. The molecule has 0 aliphatic carbocycles. The number of fused-ring (bicyclic) bond motifs is 1. The lowest BCUT2D eigenvalue weighted by Gasteiger charge is -2.21. The first-order chi connectivity index (χ1) is 9.49. The number of hydrogen-bond acceptors (Lipinski definition) is 5. The molecule has 1 N–H and O–H groups in total. The van der Waals surface area contributed by atoms with Crippen molar-refractivity contribution in [1.29, 1.82) is 0 Å². The predicted octanol–water partition coefficient (Wildman–Crippen LogP) is 2.55. The van der Waals surface area contributed by atoms with Gasteiger partial charge < -0.3 is 14.4 Å². The first kappa shape index (κ1) is 14.1. The van der Waals surface area contributed by atoms with Gasteiger partial charge in [-0.1, -0.05) is 0 Å². The second-order valence-corrected chi connectivity index (χ2v) is 4.52. The van der Waals surface area contributed by atoms with E-state index < -0.39 is 11.4 Å². The molecule has 0 radical (unpaired) electrons. The standard InChI is InChI=1S/C15H17NO4/c1-4-16(5-2)10-6-7-11-12(8-10)20-15(19)13(9(3)17)14(11)18/h6-8,18H,4-5H2,1-3H3. The van der Waals surface area contributed by atoms with Gasteiger partial charge >= 0.3 is 5.63 Å². The number of benzene rings is 1. The molecule has 1 aromatic heterocycles. The van der Waals surface area contributed by atoms with Crippen LogP contribution in [0.5, 0.6) is 5.75 Å². The van der Waals surface area contributed by atoms with E-state index in [1.807, 2.05) is 19.9 Å². The average Bonchev–Trinajstić information content (AvgIpc) is 2.39. The van der Waals surface area contributed by atoms with Crippen LogP contribution in [0.15, 0.2) is 27.4 Å². The lowest BCUT2D eigenvalue weighted by Crippen LogP contribution is -2.21. The van der Waals surface area contributed by atoms with Gasteiger partial charge in [0.25, 0.3) is 0 Å². The molecule has 0 aliphatic rings. The third-order valence-corrected chi connectivity index (χ3v) is 3.34. The van der Waals surface area contributed by atoms with Crippen LogP contribution in [-0.4, -0.2) is 24.0 Å². The van der Waals surface area contributed by atoms with Gasteiger partial charge in [0.2, 0.25) is 0 Å². The Balaban J connectivity index is 2.70. The molecule has 0 saturated heterocycles. The van der Waals surface area contributed by atoms with Crippen LogP contribution in [0, 0.1) is 0 Å². The molecule has 2 rings (SSSR count). The molecule has 0 atom stereocenters. The zero-order valence-electron chi connectivity index (χ0n) is 11.8. The summed E-state index contributed by atoms with van der Waals surface area (Å²) in [5.41, 5.74) is 0.0785. The van der Waals surface area contributed by atoms with E-state index in [0.717, 1.165) is 18.8 Å². The minimum Gasteiger partial charge on any atom is -0.506 e. The van der Waals surface area contributed by atoms with Gasteiger partial charge in [0.05, 0.1) is 5.39 Å². The molecule has 5 nitrogen and oxygen atoms in total. The van der Waals surface area contributed by atoms with Crippen LogP contribution < -0.4 is 10.5 Å². The Bertz CT molecular complexity index is 714. The normalized spacial score (nSPS) is 10.8. The highest BCUT2D eigenvalue weighted by Gasteiger charge is 2.18. The molecule has 0 bridgehead atoms. The molecule has 0 saturated carbocycles. The summed E-state index contributed by atoms with van der Waals surface area (Å²) in [7, 11) is 0. The SMILES string of the molecule is CCN(CC)c1ccc2c(O)c(C(C)=O)c(=O)oc2c1. The Kier molecular flexibility index (Phi) is 3.79. The fourth-order valence-electron chi connectivity index (χ4n) is 2.27. The van der Waals surface area contributed by atoms with Gasteiger partial charge in [-0.25, -0.2) is 4.79 Å². The van der Waals surface area contributed by atoms with Gasteiger partial charge in [-0.2, -0.15) is 0 Å². The Hall–Kier alpha value is -2.30. The van der Waals surface area contributed by atoms with E-state index in [1.54, 1.807) is 12.1 Å². The minimum atomic E-state index is -0.806. The molecular formula is C15H17NO4. The van der Waals surface area contributed by atoms with Crippen LogP contribution in [0.25, 0.3) is 11.0 Å². The molecule has 0 fully saturated rings. The third kappa shape index (κ3) is 2.27. The maximum atomic E-state index is 11.8. The third-order valence-electron chi connectivity index (χ3n) is 3.34. The fraction of sp³-hybridized carbons (Fsp3) is 0.333. The van der Waals surface area contributed by atoms with Crippen molar-refractivity contribution in [3.05, 3.63) is 34.2 Å². The van der Waals surface area contributed by atoms with Crippen molar-refractivity contribution in [1.82, 2.24) is 0 Å². The Morgan fingerprint density at radius 1 is 1.30 bits per heavy atom. The number of rotatable bonds is 4. The minimum absolute atomic E-state index is 0.280. The lowest BCUT2D eigenvalue weighted by atomic mass is 10.1. The predicted molar refractivity (Wildman–Crippen MR) is 77.7 cm³/mol. The van der Waals surface area contributed by atoms with Gasteiger partial charge in [-0.05, 0) is 32.9 Å². The Morgan fingerprint density at radius 2 is 1.95 bits per heavy atom. The first-order valence-electron chi connectivity index (χ1n) is 6.55. The summed E-state index contributed by atoms with van der Waals surface area (Å²) < 4.78 is 5.15. The Morgan fingerprint density at radius 3 is 2.50 bits per heavy atom. The number of anilines is 1. The monoisotopic (exact) mass is 275 g/mol. The van der Waals surface area contributed by atoms with Gasteiger partial charge in [-0.15, -0.1) is 0 Å². The number of nitrogens with zero attached hydrogens (tertiary/aromatic N) is 1. The highest BCUT2D eigenvalue weighted by atomic mass is 16.4. The summed E-state index contributed by atoms with van der Waals surface area (Å²) >= 11 is 0. The Labute approximate surface area is 116 Å². The summed E-state index contributed by atoms with van der Waals surface area (Å²) in [5.74, 6) is -0.819. The number of aromatic hydroxyl groups is 1. The van der Waals surface area contributed by atoms with Crippen LogP contribution in [-0.2, 0) is 0 Å². The van der Waals surface area contributed by atoms with E-state index in [1.165, 1.54) is 6.92 Å². The van der Waals surface area contributed by atoms with E-state index in [2.05, 4.69) is 4.90 Å². The molecule has 0 unspecified atom stereocenters. The van der Waals surface area contributed by atoms with Crippen LogP contribution in [0.2, 0.25) is 0 Å². The summed E-state index contributed by atoms with van der Waals surface area (Å²) in [6.07, 6.45) is 0. The molecule has 1 heterocycles. The largest absolute Gasteiger partial charge is 0.506 e. The molecule has 5 heteroatoms. The molecule has 0 spiro atoms. The molecule has 0 aliphatic heterocycles. The maximum absolute atomic E-state index is 11.8. The van der Waals surface area contributed by atoms with Gasteiger partial charge in [0.1, 0.15) is 16.9 Å². The van der Waals surface area contributed by atoms with Gasteiger partial charge in [-0.3, -0.25) is 4.79 Å². The van der Waals surface area contributed by atoms with Crippen LogP contribution >= 0.6 is 0 Å². The van der Waals surface area contributed by atoms with Crippen LogP contribution in [0.1, 0.15) is 31.1 Å². The van der Waals surface area contributed by atoms with Crippen molar-refractivity contribution in [3.63, 3.8) is 0 Å². The van der Waals surface area contributed by atoms with Gasteiger partial charge in [0, 0.05) is 24.8 Å². The summed E-state index contributed by atoms with van der Waals surface area (Å²) in [6.45, 7) is 6.93. The topological polar surface area (TPSA) is 70.8 Å². The molecule has 2 aromatic rings. The second-order valence-electron chi connectivity index (χ2n) is 4.52. The molecule has 106 valence electrons. The van der Waals surface area contributed by atoms with E-state index in [0.29, 0.717) is 5.39 Å². The molecule has 20 heavy (non-hydrogen) atoms. The highest BCUT2D eigenvalue weighted by Crippen LogP contribution is 2.29. The number of ketones is 1.